The smallest absolute Gasteiger partial charge is 0.258 e. The third-order valence-electron chi connectivity index (χ3n) is 3.66. The van der Waals surface area contributed by atoms with E-state index in [1.165, 1.54) is 12.1 Å². The summed E-state index contributed by atoms with van der Waals surface area (Å²) in [5.41, 5.74) is 0.875. The number of hydrogen-bond acceptors (Lipinski definition) is 3. The van der Waals surface area contributed by atoms with Crippen LogP contribution in [0.1, 0.15) is 18.0 Å². The number of ether oxygens (including phenoxy) is 1. The van der Waals surface area contributed by atoms with Crippen LogP contribution >= 0.6 is 15.9 Å². The second kappa shape index (κ2) is 9.53. The molecule has 0 aliphatic carbocycles. The Labute approximate surface area is 156 Å². The average molecular weight is 409 g/mol. The van der Waals surface area contributed by atoms with Crippen LogP contribution < -0.4 is 10.1 Å². The number of hydrogen-bond donors (Lipinski definition) is 1. The average Bonchev–Trinajstić information content (AvgIpc) is 2.59. The molecule has 4 nitrogen and oxygen atoms in total. The molecule has 134 valence electrons. The third kappa shape index (κ3) is 6.84. The lowest BCUT2D eigenvalue weighted by Crippen LogP contribution is -2.34. The maximum absolute atomic E-state index is 13.1. The van der Waals surface area contributed by atoms with E-state index < -0.39 is 0 Å². The highest BCUT2D eigenvalue weighted by atomic mass is 79.9. The van der Waals surface area contributed by atoms with E-state index in [4.69, 9.17) is 4.74 Å². The molecular weight excluding hydrogens is 387 g/mol. The molecule has 0 fully saturated rings. The summed E-state index contributed by atoms with van der Waals surface area (Å²) in [6, 6.07) is 13.3. The molecule has 1 unspecified atom stereocenters. The van der Waals surface area contributed by atoms with Gasteiger partial charge < -0.3 is 15.0 Å². The predicted molar refractivity (Wildman–Crippen MR) is 100 cm³/mol. The topological polar surface area (TPSA) is 41.6 Å². The summed E-state index contributed by atoms with van der Waals surface area (Å²) in [6.45, 7) is 0.733. The van der Waals surface area contributed by atoms with Crippen molar-refractivity contribution in [2.75, 3.05) is 27.2 Å². The highest BCUT2D eigenvalue weighted by Crippen LogP contribution is 2.18. The second-order valence-electron chi connectivity index (χ2n) is 6.01. The van der Waals surface area contributed by atoms with Gasteiger partial charge in [0.05, 0.1) is 6.04 Å². The number of halogens is 2. The Morgan fingerprint density at radius 1 is 1.16 bits per heavy atom. The molecule has 6 heteroatoms. The van der Waals surface area contributed by atoms with Crippen LogP contribution in [-0.2, 0) is 4.79 Å². The van der Waals surface area contributed by atoms with Crippen molar-refractivity contribution in [2.45, 2.75) is 12.5 Å². The van der Waals surface area contributed by atoms with E-state index in [-0.39, 0.29) is 24.4 Å². The molecule has 0 aromatic heterocycles. The largest absolute Gasteiger partial charge is 0.484 e. The monoisotopic (exact) mass is 408 g/mol. The summed E-state index contributed by atoms with van der Waals surface area (Å²) < 4.78 is 19.6. The van der Waals surface area contributed by atoms with Crippen molar-refractivity contribution in [3.05, 3.63) is 64.4 Å². The number of nitrogens with one attached hydrogen (secondary N) is 1. The molecule has 1 N–H and O–H groups in total. The predicted octanol–water partition coefficient (Wildman–Crippen LogP) is 3.78. The molecule has 25 heavy (non-hydrogen) atoms. The summed E-state index contributed by atoms with van der Waals surface area (Å²) in [5, 5.41) is 2.97. The van der Waals surface area contributed by atoms with E-state index in [1.54, 1.807) is 24.3 Å². The first-order valence-electron chi connectivity index (χ1n) is 8.02. The Balaban J connectivity index is 1.95. The van der Waals surface area contributed by atoms with Gasteiger partial charge in [-0.2, -0.15) is 0 Å². The van der Waals surface area contributed by atoms with Gasteiger partial charge in [-0.05, 0) is 69.0 Å². The van der Waals surface area contributed by atoms with Gasteiger partial charge in [0.1, 0.15) is 11.6 Å². The number of rotatable bonds is 8. The van der Waals surface area contributed by atoms with E-state index in [9.17, 15) is 9.18 Å². The van der Waals surface area contributed by atoms with Crippen molar-refractivity contribution in [3.63, 3.8) is 0 Å². The fourth-order valence-corrected chi connectivity index (χ4v) is 2.58. The van der Waals surface area contributed by atoms with Crippen molar-refractivity contribution in [1.82, 2.24) is 10.2 Å². The van der Waals surface area contributed by atoms with Gasteiger partial charge in [-0.1, -0.05) is 28.1 Å². The lowest BCUT2D eigenvalue weighted by Gasteiger charge is -2.21. The summed E-state index contributed by atoms with van der Waals surface area (Å²) in [4.78, 5) is 14.3. The van der Waals surface area contributed by atoms with Gasteiger partial charge in [0.25, 0.3) is 5.91 Å². The highest BCUT2D eigenvalue weighted by molar-refractivity contribution is 9.10. The van der Waals surface area contributed by atoms with E-state index >= 15 is 0 Å². The zero-order valence-corrected chi connectivity index (χ0v) is 15.9. The zero-order valence-electron chi connectivity index (χ0n) is 14.3. The van der Waals surface area contributed by atoms with Crippen LogP contribution in [0.4, 0.5) is 4.39 Å². The number of benzene rings is 2. The van der Waals surface area contributed by atoms with Crippen molar-refractivity contribution < 1.29 is 13.9 Å². The van der Waals surface area contributed by atoms with E-state index in [0.29, 0.717) is 5.75 Å². The van der Waals surface area contributed by atoms with Crippen molar-refractivity contribution in [1.29, 1.82) is 0 Å². The van der Waals surface area contributed by atoms with Gasteiger partial charge in [0.2, 0.25) is 0 Å². The summed E-state index contributed by atoms with van der Waals surface area (Å²) in [7, 11) is 3.94. The van der Waals surface area contributed by atoms with Crippen LogP contribution in [0.25, 0.3) is 0 Å². The van der Waals surface area contributed by atoms with Crippen molar-refractivity contribution >= 4 is 21.8 Å². The Hall–Kier alpha value is -1.92. The highest BCUT2D eigenvalue weighted by Gasteiger charge is 2.15. The molecule has 2 rings (SSSR count). The standard InChI is InChI=1S/C19H22BrFN2O2/c1-23(2)12-11-18(14-3-7-16(21)8-4-14)22-19(24)13-25-17-9-5-15(20)6-10-17/h3-10,18H,11-13H2,1-2H3,(H,22,24). The van der Waals surface area contributed by atoms with Crippen molar-refractivity contribution in [3.8, 4) is 5.75 Å². The Kier molecular flexibility index (Phi) is 7.40. The number of nitrogens with zero attached hydrogens (tertiary/aromatic N) is 1. The normalized spacial score (nSPS) is 12.0. The minimum Gasteiger partial charge on any atom is -0.484 e. The molecule has 0 radical (unpaired) electrons. The third-order valence-corrected chi connectivity index (χ3v) is 4.18. The fourth-order valence-electron chi connectivity index (χ4n) is 2.32. The summed E-state index contributed by atoms with van der Waals surface area (Å²) >= 11 is 3.35. The van der Waals surface area contributed by atoms with Crippen LogP contribution in [-0.4, -0.2) is 38.1 Å². The number of carbonyl (C=O) groups is 1. The first-order chi connectivity index (χ1) is 11.9. The van der Waals surface area contributed by atoms with Gasteiger partial charge in [-0.3, -0.25) is 4.79 Å². The quantitative estimate of drug-likeness (QED) is 0.722. The molecule has 2 aromatic carbocycles. The molecule has 0 aliphatic rings. The molecule has 0 aliphatic heterocycles. The zero-order chi connectivity index (χ0) is 18.2. The molecular formula is C19H22BrFN2O2. The molecule has 0 bridgehead atoms. The van der Waals surface area contributed by atoms with Gasteiger partial charge in [-0.25, -0.2) is 4.39 Å². The summed E-state index contributed by atoms with van der Waals surface area (Å²) in [6.07, 6.45) is 0.725. The van der Waals surface area contributed by atoms with Gasteiger partial charge in [0.15, 0.2) is 6.61 Å². The molecule has 1 atom stereocenters. The van der Waals surface area contributed by atoms with Crippen LogP contribution in [0.3, 0.4) is 0 Å². The minimum absolute atomic E-state index is 0.0682. The van der Waals surface area contributed by atoms with Crippen LogP contribution in [0.15, 0.2) is 53.0 Å². The minimum atomic E-state index is -0.292. The second-order valence-corrected chi connectivity index (χ2v) is 6.92. The lowest BCUT2D eigenvalue weighted by molar-refractivity contribution is -0.123. The summed E-state index contributed by atoms with van der Waals surface area (Å²) in [5.74, 6) is 0.126. The molecule has 0 heterocycles. The maximum atomic E-state index is 13.1. The molecule has 0 spiro atoms. The number of carbonyl (C=O) groups excluding carboxylic acids is 1. The lowest BCUT2D eigenvalue weighted by atomic mass is 10.0. The molecule has 1 amide bonds. The maximum Gasteiger partial charge on any atom is 0.258 e. The van der Waals surface area contributed by atoms with Crippen LogP contribution in [0.2, 0.25) is 0 Å². The van der Waals surface area contributed by atoms with Gasteiger partial charge in [-0.15, -0.1) is 0 Å². The first-order valence-corrected chi connectivity index (χ1v) is 8.81. The Morgan fingerprint density at radius 3 is 2.40 bits per heavy atom. The molecule has 0 saturated heterocycles. The Morgan fingerprint density at radius 2 is 1.80 bits per heavy atom. The first kappa shape index (κ1) is 19.4. The van der Waals surface area contributed by atoms with E-state index in [2.05, 4.69) is 21.2 Å². The van der Waals surface area contributed by atoms with E-state index in [0.717, 1.165) is 23.0 Å². The van der Waals surface area contributed by atoms with Crippen LogP contribution in [0.5, 0.6) is 5.75 Å². The van der Waals surface area contributed by atoms with Crippen molar-refractivity contribution in [2.24, 2.45) is 0 Å². The SMILES string of the molecule is CN(C)CCC(NC(=O)COc1ccc(Br)cc1)c1ccc(F)cc1. The van der Waals surface area contributed by atoms with E-state index in [1.807, 2.05) is 31.1 Å². The Bertz CT molecular complexity index is 675. The molecule has 0 saturated carbocycles. The fraction of sp³-hybridized carbons (Fsp3) is 0.316. The number of amides is 1. The van der Waals surface area contributed by atoms with Gasteiger partial charge in [0, 0.05) is 4.47 Å². The molecule has 2 aromatic rings. The van der Waals surface area contributed by atoms with Gasteiger partial charge >= 0.3 is 0 Å². The van der Waals surface area contributed by atoms with Crippen LogP contribution in [0, 0.1) is 5.82 Å².